The van der Waals surface area contributed by atoms with E-state index in [1.807, 2.05) is 0 Å². The molecule has 1 aliphatic heterocycles. The van der Waals surface area contributed by atoms with Crippen LogP contribution in [0.5, 0.6) is 0 Å². The molecule has 0 amide bonds. The molecule has 0 aromatic carbocycles. The lowest BCUT2D eigenvalue weighted by molar-refractivity contribution is 0.571. The molecule has 1 atom stereocenters. The Morgan fingerprint density at radius 2 is 2.40 bits per heavy atom. The summed E-state index contributed by atoms with van der Waals surface area (Å²) in [6.45, 7) is 1.63. The number of aromatic nitrogens is 1. The second-order valence-electron chi connectivity index (χ2n) is 3.66. The SMILES string of the molecule is Fc1cnc(NCC2CCCN2)c(F)c1. The van der Waals surface area contributed by atoms with E-state index in [2.05, 4.69) is 15.6 Å². The number of nitrogens with zero attached hydrogens (tertiary/aromatic N) is 1. The average molecular weight is 213 g/mol. The lowest BCUT2D eigenvalue weighted by Gasteiger charge is -2.12. The molecule has 1 fully saturated rings. The molecule has 15 heavy (non-hydrogen) atoms. The van der Waals surface area contributed by atoms with Crippen LogP contribution in [-0.4, -0.2) is 24.1 Å². The number of halogens is 2. The second-order valence-corrected chi connectivity index (χ2v) is 3.66. The van der Waals surface area contributed by atoms with E-state index >= 15 is 0 Å². The van der Waals surface area contributed by atoms with Gasteiger partial charge in [0.2, 0.25) is 0 Å². The Balaban J connectivity index is 1.92. The fourth-order valence-corrected chi connectivity index (χ4v) is 1.70. The largest absolute Gasteiger partial charge is 0.366 e. The van der Waals surface area contributed by atoms with Crippen molar-refractivity contribution in [2.75, 3.05) is 18.4 Å². The molecule has 1 aromatic heterocycles. The number of hydrogen-bond acceptors (Lipinski definition) is 3. The zero-order valence-corrected chi connectivity index (χ0v) is 8.26. The zero-order valence-electron chi connectivity index (χ0n) is 8.26. The third-order valence-corrected chi connectivity index (χ3v) is 2.49. The van der Waals surface area contributed by atoms with Crippen molar-refractivity contribution in [1.82, 2.24) is 10.3 Å². The maximum Gasteiger partial charge on any atom is 0.168 e. The van der Waals surface area contributed by atoms with Gasteiger partial charge in [-0.3, -0.25) is 0 Å². The first-order valence-electron chi connectivity index (χ1n) is 5.04. The van der Waals surface area contributed by atoms with E-state index in [1.165, 1.54) is 0 Å². The fourth-order valence-electron chi connectivity index (χ4n) is 1.70. The summed E-state index contributed by atoms with van der Waals surface area (Å²) in [5.41, 5.74) is 0. The molecule has 0 radical (unpaired) electrons. The highest BCUT2D eigenvalue weighted by molar-refractivity contribution is 5.35. The van der Waals surface area contributed by atoms with Crippen LogP contribution in [0, 0.1) is 11.6 Å². The molecule has 82 valence electrons. The summed E-state index contributed by atoms with van der Waals surface area (Å²) in [5.74, 6) is -1.19. The molecule has 2 rings (SSSR count). The van der Waals surface area contributed by atoms with Crippen LogP contribution in [0.4, 0.5) is 14.6 Å². The van der Waals surface area contributed by atoms with Crippen LogP contribution in [0.2, 0.25) is 0 Å². The van der Waals surface area contributed by atoms with Gasteiger partial charge in [0.05, 0.1) is 6.20 Å². The predicted octanol–water partition coefficient (Wildman–Crippen LogP) is 1.52. The van der Waals surface area contributed by atoms with Crippen LogP contribution >= 0.6 is 0 Å². The number of anilines is 1. The van der Waals surface area contributed by atoms with E-state index in [0.29, 0.717) is 12.6 Å². The third kappa shape index (κ3) is 2.62. The maximum atomic E-state index is 13.1. The Kier molecular flexibility index (Phi) is 3.11. The lowest BCUT2D eigenvalue weighted by atomic mass is 10.2. The Labute approximate surface area is 86.9 Å². The van der Waals surface area contributed by atoms with E-state index in [-0.39, 0.29) is 5.82 Å². The van der Waals surface area contributed by atoms with Crippen LogP contribution in [0.25, 0.3) is 0 Å². The normalized spacial score (nSPS) is 20.5. The highest BCUT2D eigenvalue weighted by Gasteiger charge is 2.14. The number of nitrogens with one attached hydrogen (secondary N) is 2. The molecule has 1 aromatic rings. The van der Waals surface area contributed by atoms with E-state index < -0.39 is 11.6 Å². The van der Waals surface area contributed by atoms with Gasteiger partial charge in [0, 0.05) is 18.7 Å². The molecule has 3 nitrogen and oxygen atoms in total. The van der Waals surface area contributed by atoms with Crippen molar-refractivity contribution in [2.24, 2.45) is 0 Å². The van der Waals surface area contributed by atoms with E-state index in [0.717, 1.165) is 31.6 Å². The van der Waals surface area contributed by atoms with E-state index in [9.17, 15) is 8.78 Å². The number of rotatable bonds is 3. The van der Waals surface area contributed by atoms with E-state index in [1.54, 1.807) is 0 Å². The van der Waals surface area contributed by atoms with Gasteiger partial charge in [0.15, 0.2) is 11.6 Å². The maximum absolute atomic E-state index is 13.1. The van der Waals surface area contributed by atoms with Crippen molar-refractivity contribution in [3.05, 3.63) is 23.9 Å². The molecule has 1 saturated heterocycles. The third-order valence-electron chi connectivity index (χ3n) is 2.49. The van der Waals surface area contributed by atoms with Gasteiger partial charge in [-0.05, 0) is 19.4 Å². The smallest absolute Gasteiger partial charge is 0.168 e. The summed E-state index contributed by atoms with van der Waals surface area (Å²) in [4.78, 5) is 3.65. The van der Waals surface area contributed by atoms with Gasteiger partial charge in [0.1, 0.15) is 5.82 Å². The molecule has 0 bridgehead atoms. The highest BCUT2D eigenvalue weighted by atomic mass is 19.1. The Hall–Kier alpha value is -1.23. The highest BCUT2D eigenvalue weighted by Crippen LogP contribution is 2.12. The molecule has 0 aliphatic carbocycles. The first-order valence-corrected chi connectivity index (χ1v) is 5.04. The van der Waals surface area contributed by atoms with Gasteiger partial charge < -0.3 is 10.6 Å². The molecule has 1 unspecified atom stereocenters. The van der Waals surface area contributed by atoms with Gasteiger partial charge in [-0.25, -0.2) is 13.8 Å². The molecular formula is C10H13F2N3. The molecule has 0 saturated carbocycles. The van der Waals surface area contributed by atoms with Crippen molar-refractivity contribution in [2.45, 2.75) is 18.9 Å². The Morgan fingerprint density at radius 3 is 3.07 bits per heavy atom. The number of hydrogen-bond donors (Lipinski definition) is 2. The minimum atomic E-state index is -0.656. The summed E-state index contributed by atoms with van der Waals surface area (Å²) in [6, 6.07) is 1.19. The van der Waals surface area contributed by atoms with Crippen molar-refractivity contribution in [3.8, 4) is 0 Å². The summed E-state index contributed by atoms with van der Waals surface area (Å²) < 4.78 is 25.7. The molecule has 1 aliphatic rings. The summed E-state index contributed by atoms with van der Waals surface area (Å²) in [7, 11) is 0. The van der Waals surface area contributed by atoms with Crippen LogP contribution < -0.4 is 10.6 Å². The standard InChI is InChI=1S/C10H13F2N3/c11-7-4-9(12)10(14-5-7)15-6-8-2-1-3-13-8/h4-5,8,13H,1-3,6H2,(H,14,15). The predicted molar refractivity (Wildman–Crippen MR) is 53.7 cm³/mol. The van der Waals surface area contributed by atoms with Crippen molar-refractivity contribution in [3.63, 3.8) is 0 Å². The van der Waals surface area contributed by atoms with E-state index in [4.69, 9.17) is 0 Å². The number of pyridine rings is 1. The van der Waals surface area contributed by atoms with Gasteiger partial charge >= 0.3 is 0 Å². The Morgan fingerprint density at radius 1 is 1.53 bits per heavy atom. The molecule has 2 N–H and O–H groups in total. The first kappa shape index (κ1) is 10.3. The molecule has 2 heterocycles. The molecule has 0 spiro atoms. The van der Waals surface area contributed by atoms with Crippen molar-refractivity contribution in [1.29, 1.82) is 0 Å². The van der Waals surface area contributed by atoms with Crippen molar-refractivity contribution >= 4 is 5.82 Å². The minimum absolute atomic E-state index is 0.116. The fraction of sp³-hybridized carbons (Fsp3) is 0.500. The van der Waals surface area contributed by atoms with Crippen LogP contribution in [0.3, 0.4) is 0 Å². The second kappa shape index (κ2) is 4.53. The molecular weight excluding hydrogens is 200 g/mol. The minimum Gasteiger partial charge on any atom is -0.366 e. The summed E-state index contributed by atoms with van der Waals surface area (Å²) >= 11 is 0. The van der Waals surface area contributed by atoms with Gasteiger partial charge in [0.25, 0.3) is 0 Å². The van der Waals surface area contributed by atoms with Crippen molar-refractivity contribution < 1.29 is 8.78 Å². The van der Waals surface area contributed by atoms with Gasteiger partial charge in [-0.1, -0.05) is 0 Å². The quantitative estimate of drug-likeness (QED) is 0.799. The lowest BCUT2D eigenvalue weighted by Crippen LogP contribution is -2.29. The zero-order chi connectivity index (χ0) is 10.7. The summed E-state index contributed by atoms with van der Waals surface area (Å²) in [5, 5.41) is 6.14. The monoisotopic (exact) mass is 213 g/mol. The van der Waals surface area contributed by atoms with Gasteiger partial charge in [-0.15, -0.1) is 0 Å². The van der Waals surface area contributed by atoms with Crippen LogP contribution in [0.15, 0.2) is 12.3 Å². The topological polar surface area (TPSA) is 37.0 Å². The summed E-state index contributed by atoms with van der Waals surface area (Å²) in [6.07, 6.45) is 3.23. The van der Waals surface area contributed by atoms with Crippen LogP contribution in [0.1, 0.15) is 12.8 Å². The van der Waals surface area contributed by atoms with Gasteiger partial charge in [-0.2, -0.15) is 0 Å². The molecule has 5 heteroatoms. The first-order chi connectivity index (χ1) is 7.25. The van der Waals surface area contributed by atoms with Crippen LogP contribution in [-0.2, 0) is 0 Å². The average Bonchev–Trinajstić information content (AvgIpc) is 2.69. The Bertz CT molecular complexity index is 337.